The topological polar surface area (TPSA) is 61.4 Å². The Morgan fingerprint density at radius 1 is 1.23 bits per heavy atom. The first-order valence-electron chi connectivity index (χ1n) is 9.10. The number of aryl methyl sites for hydroxylation is 1. The van der Waals surface area contributed by atoms with E-state index in [0.717, 1.165) is 28.3 Å². The summed E-state index contributed by atoms with van der Waals surface area (Å²) in [5.74, 6) is 0.0427. The van der Waals surface area contributed by atoms with Crippen molar-refractivity contribution in [1.29, 1.82) is 0 Å². The number of thiophene rings is 1. The molecule has 3 rings (SSSR count). The lowest BCUT2D eigenvalue weighted by Gasteiger charge is -2.35. The van der Waals surface area contributed by atoms with Crippen LogP contribution in [0.2, 0.25) is 0 Å². The molecule has 5 nitrogen and oxygen atoms in total. The van der Waals surface area contributed by atoms with Crippen LogP contribution in [0.5, 0.6) is 0 Å². The van der Waals surface area contributed by atoms with Gasteiger partial charge < -0.3 is 15.5 Å². The van der Waals surface area contributed by atoms with E-state index >= 15 is 0 Å². The zero-order chi connectivity index (χ0) is 18.4. The fourth-order valence-electron chi connectivity index (χ4n) is 3.72. The summed E-state index contributed by atoms with van der Waals surface area (Å²) in [4.78, 5) is 27.8. The summed E-state index contributed by atoms with van der Waals surface area (Å²) < 4.78 is 0. The Hall–Kier alpha value is -1.11. The van der Waals surface area contributed by atoms with Gasteiger partial charge in [-0.2, -0.15) is 0 Å². The zero-order valence-corrected chi connectivity index (χ0v) is 17.9. The van der Waals surface area contributed by atoms with E-state index in [0.29, 0.717) is 18.1 Å². The van der Waals surface area contributed by atoms with E-state index < -0.39 is 5.41 Å². The molecule has 7 heteroatoms. The lowest BCUT2D eigenvalue weighted by Crippen LogP contribution is -2.48. The van der Waals surface area contributed by atoms with Crippen LogP contribution in [0, 0.1) is 12.3 Å². The lowest BCUT2D eigenvalue weighted by molar-refractivity contribution is -0.123. The second-order valence-electron chi connectivity index (χ2n) is 8.51. The SMILES string of the molecule is Cc1cc(NC(=O)C(C)(C)C)sc1C(=O)N(C)C1CC2CCC(C1)N2.Cl. The minimum absolute atomic E-state index is 0. The quantitative estimate of drug-likeness (QED) is 0.812. The Kier molecular flexibility index (Phi) is 6.41. The number of piperidine rings is 1. The number of amides is 2. The average molecular weight is 400 g/mol. The number of carbonyl (C=O) groups is 2. The second kappa shape index (κ2) is 7.87. The van der Waals surface area contributed by atoms with Gasteiger partial charge in [-0.1, -0.05) is 20.8 Å². The molecule has 0 radical (unpaired) electrons. The maximum atomic E-state index is 13.0. The summed E-state index contributed by atoms with van der Waals surface area (Å²) in [6.07, 6.45) is 4.53. The molecule has 2 fully saturated rings. The van der Waals surface area contributed by atoms with E-state index in [1.165, 1.54) is 24.2 Å². The molecule has 2 unspecified atom stereocenters. The molecule has 0 saturated carbocycles. The van der Waals surface area contributed by atoms with Crippen molar-refractivity contribution in [2.45, 2.75) is 71.5 Å². The Morgan fingerprint density at radius 3 is 2.35 bits per heavy atom. The molecule has 0 spiro atoms. The van der Waals surface area contributed by atoms with Crippen LogP contribution in [0.1, 0.15) is 61.7 Å². The number of hydrogen-bond acceptors (Lipinski definition) is 4. The molecule has 26 heavy (non-hydrogen) atoms. The van der Waals surface area contributed by atoms with Gasteiger partial charge in [-0.15, -0.1) is 23.7 Å². The Balaban J connectivity index is 0.00000243. The minimum atomic E-state index is -0.451. The molecular weight excluding hydrogens is 370 g/mol. The second-order valence-corrected chi connectivity index (χ2v) is 9.56. The monoisotopic (exact) mass is 399 g/mol. The van der Waals surface area contributed by atoms with Gasteiger partial charge in [0.2, 0.25) is 5.91 Å². The van der Waals surface area contributed by atoms with Crippen LogP contribution in [0.25, 0.3) is 0 Å². The Labute approximate surface area is 166 Å². The molecule has 2 N–H and O–H groups in total. The number of fused-ring (bicyclic) bond motifs is 2. The molecular formula is C19H30ClN3O2S. The van der Waals surface area contributed by atoms with Gasteiger partial charge >= 0.3 is 0 Å². The predicted molar refractivity (Wildman–Crippen MR) is 109 cm³/mol. The number of halogens is 1. The van der Waals surface area contributed by atoms with Crippen molar-refractivity contribution in [3.8, 4) is 0 Å². The largest absolute Gasteiger partial charge is 0.338 e. The van der Waals surface area contributed by atoms with E-state index in [9.17, 15) is 9.59 Å². The summed E-state index contributed by atoms with van der Waals surface area (Å²) in [6.45, 7) is 7.59. The van der Waals surface area contributed by atoms with Crippen molar-refractivity contribution in [1.82, 2.24) is 10.2 Å². The summed E-state index contributed by atoms with van der Waals surface area (Å²) in [6, 6.07) is 3.33. The Morgan fingerprint density at radius 2 is 1.81 bits per heavy atom. The van der Waals surface area contributed by atoms with E-state index in [1.54, 1.807) is 0 Å². The van der Waals surface area contributed by atoms with Crippen LogP contribution in [-0.2, 0) is 4.79 Å². The first-order valence-corrected chi connectivity index (χ1v) is 9.92. The van der Waals surface area contributed by atoms with Crippen LogP contribution >= 0.6 is 23.7 Å². The number of nitrogens with one attached hydrogen (secondary N) is 2. The van der Waals surface area contributed by atoms with Crippen LogP contribution in [0.3, 0.4) is 0 Å². The van der Waals surface area contributed by atoms with Crippen molar-refractivity contribution >= 4 is 40.6 Å². The molecule has 2 bridgehead atoms. The molecule has 146 valence electrons. The smallest absolute Gasteiger partial charge is 0.264 e. The van der Waals surface area contributed by atoms with Gasteiger partial charge in [0.05, 0.1) is 9.88 Å². The molecule has 3 heterocycles. The lowest BCUT2D eigenvalue weighted by atomic mass is 9.96. The van der Waals surface area contributed by atoms with Crippen molar-refractivity contribution in [3.05, 3.63) is 16.5 Å². The molecule has 2 amide bonds. The van der Waals surface area contributed by atoms with Crippen molar-refractivity contribution < 1.29 is 9.59 Å². The third-order valence-corrected chi connectivity index (χ3v) is 6.49. The predicted octanol–water partition coefficient (Wildman–Crippen LogP) is 3.82. The van der Waals surface area contributed by atoms with E-state index in [1.807, 2.05) is 45.7 Å². The van der Waals surface area contributed by atoms with Crippen LogP contribution in [0.15, 0.2) is 6.07 Å². The van der Waals surface area contributed by atoms with Gasteiger partial charge in [0.25, 0.3) is 5.91 Å². The normalized spacial score (nSPS) is 24.7. The summed E-state index contributed by atoms with van der Waals surface area (Å²) >= 11 is 1.38. The van der Waals surface area contributed by atoms with E-state index in [2.05, 4.69) is 10.6 Å². The van der Waals surface area contributed by atoms with Gasteiger partial charge in [-0.3, -0.25) is 9.59 Å². The summed E-state index contributed by atoms with van der Waals surface area (Å²) in [5.41, 5.74) is 0.482. The molecule has 2 atom stereocenters. The van der Waals surface area contributed by atoms with Gasteiger partial charge in [-0.05, 0) is 44.2 Å². The third-order valence-electron chi connectivity index (χ3n) is 5.35. The van der Waals surface area contributed by atoms with Crippen molar-refractivity contribution in [2.75, 3.05) is 12.4 Å². The van der Waals surface area contributed by atoms with Gasteiger partial charge in [-0.25, -0.2) is 0 Å². The number of rotatable bonds is 3. The third kappa shape index (κ3) is 4.41. The average Bonchev–Trinajstić information content (AvgIpc) is 3.06. The number of carbonyl (C=O) groups excluding carboxylic acids is 2. The first-order chi connectivity index (χ1) is 11.6. The zero-order valence-electron chi connectivity index (χ0n) is 16.2. The number of anilines is 1. The maximum absolute atomic E-state index is 13.0. The summed E-state index contributed by atoms with van der Waals surface area (Å²) in [7, 11) is 1.92. The highest BCUT2D eigenvalue weighted by Crippen LogP contribution is 2.33. The molecule has 2 saturated heterocycles. The molecule has 0 aliphatic carbocycles. The highest BCUT2D eigenvalue weighted by molar-refractivity contribution is 7.18. The van der Waals surface area contributed by atoms with Crippen LogP contribution in [-0.4, -0.2) is 41.9 Å². The summed E-state index contributed by atoms with van der Waals surface area (Å²) in [5, 5.41) is 7.31. The fraction of sp³-hybridized carbons (Fsp3) is 0.684. The highest BCUT2D eigenvalue weighted by atomic mass is 35.5. The van der Waals surface area contributed by atoms with E-state index in [4.69, 9.17) is 0 Å². The van der Waals surface area contributed by atoms with E-state index in [-0.39, 0.29) is 24.2 Å². The van der Waals surface area contributed by atoms with Gasteiger partial charge in [0.1, 0.15) is 0 Å². The number of hydrogen-bond donors (Lipinski definition) is 2. The number of nitrogens with zero attached hydrogens (tertiary/aromatic N) is 1. The first kappa shape index (κ1) is 21.2. The molecule has 2 aliphatic heterocycles. The van der Waals surface area contributed by atoms with Crippen LogP contribution in [0.4, 0.5) is 5.00 Å². The van der Waals surface area contributed by atoms with Crippen LogP contribution < -0.4 is 10.6 Å². The van der Waals surface area contributed by atoms with Gasteiger partial charge in [0, 0.05) is 30.6 Å². The van der Waals surface area contributed by atoms with Gasteiger partial charge in [0.15, 0.2) is 0 Å². The van der Waals surface area contributed by atoms with Crippen molar-refractivity contribution in [2.24, 2.45) is 5.41 Å². The maximum Gasteiger partial charge on any atom is 0.264 e. The van der Waals surface area contributed by atoms with Crippen molar-refractivity contribution in [3.63, 3.8) is 0 Å². The standard InChI is InChI=1S/C19H29N3O2S.ClH/c1-11-8-15(21-18(24)19(2,3)4)25-16(11)17(23)22(5)14-9-12-6-7-13(10-14)20-12;/h8,12-14,20H,6-7,9-10H2,1-5H3,(H,21,24);1H. The molecule has 2 aliphatic rings. The molecule has 1 aromatic rings. The Bertz CT molecular complexity index is 671. The molecule has 0 aromatic carbocycles. The minimum Gasteiger partial charge on any atom is -0.338 e. The highest BCUT2D eigenvalue weighted by Gasteiger charge is 2.37. The fourth-order valence-corrected chi connectivity index (χ4v) is 4.78. The molecule has 1 aromatic heterocycles.